The molecular formula is C14H15ClN2O3. The van der Waals surface area contributed by atoms with E-state index in [0.717, 1.165) is 0 Å². The van der Waals surface area contributed by atoms with Crippen LogP contribution in [0.15, 0.2) is 41.8 Å². The van der Waals surface area contributed by atoms with Gasteiger partial charge >= 0.3 is 0 Å². The number of aliphatic hydroxyl groups is 1. The molecular weight excluding hydrogens is 280 g/mol. The summed E-state index contributed by atoms with van der Waals surface area (Å²) in [5.74, 6) is 0.117. The first-order chi connectivity index (χ1) is 9.54. The number of carbonyl (C=O) groups excluding carboxylic acids is 1. The second-order valence-electron chi connectivity index (χ2n) is 4.25. The summed E-state index contributed by atoms with van der Waals surface area (Å²) in [6.07, 6.45) is 0.383. The van der Waals surface area contributed by atoms with E-state index in [4.69, 9.17) is 16.3 Å². The first kappa shape index (κ1) is 14.3. The van der Waals surface area contributed by atoms with Crippen molar-refractivity contribution >= 4 is 23.2 Å². The van der Waals surface area contributed by atoms with Gasteiger partial charge in [-0.1, -0.05) is 24.2 Å². The van der Waals surface area contributed by atoms with E-state index in [0.29, 0.717) is 35.1 Å². The fraction of sp³-hybridized carbons (Fsp3) is 0.214. The molecule has 0 spiro atoms. The van der Waals surface area contributed by atoms with E-state index in [1.54, 1.807) is 18.2 Å². The van der Waals surface area contributed by atoms with Gasteiger partial charge in [0.25, 0.3) is 5.91 Å². The summed E-state index contributed by atoms with van der Waals surface area (Å²) >= 11 is 6.02. The second kappa shape index (κ2) is 5.88. The van der Waals surface area contributed by atoms with Gasteiger partial charge in [-0.15, -0.1) is 0 Å². The molecule has 0 aliphatic carbocycles. The SMILES string of the molecule is C=C(Nc1cccc(Cl)c1OC)C1=C(O)CCNC1=O. The van der Waals surface area contributed by atoms with Gasteiger partial charge in [0.1, 0.15) is 5.76 Å². The molecule has 3 N–H and O–H groups in total. The number of anilines is 1. The lowest BCUT2D eigenvalue weighted by molar-refractivity contribution is -0.117. The molecule has 0 saturated heterocycles. The van der Waals surface area contributed by atoms with Crippen LogP contribution in [-0.4, -0.2) is 24.7 Å². The molecule has 5 nitrogen and oxygen atoms in total. The molecule has 0 atom stereocenters. The minimum atomic E-state index is -0.354. The largest absolute Gasteiger partial charge is 0.511 e. The van der Waals surface area contributed by atoms with Crippen molar-refractivity contribution in [2.45, 2.75) is 6.42 Å². The van der Waals surface area contributed by atoms with Gasteiger partial charge in [0.2, 0.25) is 0 Å². The third-order valence-corrected chi connectivity index (χ3v) is 3.22. The average Bonchev–Trinajstić information content (AvgIpc) is 2.38. The Labute approximate surface area is 121 Å². The van der Waals surface area contributed by atoms with Crippen molar-refractivity contribution < 1.29 is 14.6 Å². The fourth-order valence-electron chi connectivity index (χ4n) is 1.99. The van der Waals surface area contributed by atoms with Crippen molar-refractivity contribution in [3.05, 3.63) is 46.8 Å². The van der Waals surface area contributed by atoms with Crippen LogP contribution in [0.3, 0.4) is 0 Å². The summed E-state index contributed by atoms with van der Waals surface area (Å²) in [5, 5.41) is 15.9. The van der Waals surface area contributed by atoms with Gasteiger partial charge in [-0.25, -0.2) is 0 Å². The van der Waals surface area contributed by atoms with Crippen LogP contribution < -0.4 is 15.4 Å². The molecule has 1 aromatic carbocycles. The predicted octanol–water partition coefficient (Wildman–Crippen LogP) is 2.61. The van der Waals surface area contributed by atoms with Crippen LogP contribution in [0.25, 0.3) is 0 Å². The van der Waals surface area contributed by atoms with Gasteiger partial charge in [-0.2, -0.15) is 0 Å². The Morgan fingerprint density at radius 2 is 2.30 bits per heavy atom. The van der Waals surface area contributed by atoms with Gasteiger partial charge in [-0.05, 0) is 12.1 Å². The summed E-state index contributed by atoms with van der Waals surface area (Å²) in [6.45, 7) is 4.21. The summed E-state index contributed by atoms with van der Waals surface area (Å²) in [4.78, 5) is 11.8. The van der Waals surface area contributed by atoms with Crippen LogP contribution >= 0.6 is 11.6 Å². The lowest BCUT2D eigenvalue weighted by atomic mass is 10.1. The zero-order valence-electron chi connectivity index (χ0n) is 11.0. The fourth-order valence-corrected chi connectivity index (χ4v) is 2.24. The van der Waals surface area contributed by atoms with Crippen molar-refractivity contribution in [3.8, 4) is 5.75 Å². The standard InChI is InChI=1S/C14H15ClN2O3/c1-8(12-11(18)6-7-16-14(12)19)17-10-5-3-4-9(15)13(10)20-2/h3-5,17-18H,1,6-7H2,2H3,(H,16,19). The number of benzene rings is 1. The highest BCUT2D eigenvalue weighted by atomic mass is 35.5. The molecule has 20 heavy (non-hydrogen) atoms. The Balaban J connectivity index is 2.29. The molecule has 106 valence electrons. The highest BCUT2D eigenvalue weighted by Crippen LogP contribution is 2.34. The number of methoxy groups -OCH3 is 1. The van der Waals surface area contributed by atoms with E-state index < -0.39 is 0 Å². The van der Waals surface area contributed by atoms with Crippen LogP contribution in [0.2, 0.25) is 5.02 Å². The number of hydrogen-bond acceptors (Lipinski definition) is 4. The van der Waals surface area contributed by atoms with Crippen LogP contribution in [0.1, 0.15) is 6.42 Å². The van der Waals surface area contributed by atoms with E-state index in [1.807, 2.05) is 0 Å². The highest BCUT2D eigenvalue weighted by molar-refractivity contribution is 6.32. The van der Waals surface area contributed by atoms with E-state index >= 15 is 0 Å². The van der Waals surface area contributed by atoms with Gasteiger partial charge in [0.15, 0.2) is 5.75 Å². The third kappa shape index (κ3) is 2.72. The Morgan fingerprint density at radius 1 is 1.55 bits per heavy atom. The molecule has 0 aromatic heterocycles. The zero-order chi connectivity index (χ0) is 14.7. The molecule has 0 bridgehead atoms. The smallest absolute Gasteiger partial charge is 0.256 e. The minimum Gasteiger partial charge on any atom is -0.511 e. The molecule has 1 amide bonds. The molecule has 0 radical (unpaired) electrons. The van der Waals surface area contributed by atoms with E-state index in [1.165, 1.54) is 7.11 Å². The van der Waals surface area contributed by atoms with Gasteiger partial charge in [0.05, 0.1) is 23.4 Å². The van der Waals surface area contributed by atoms with Crippen LogP contribution in [0, 0.1) is 0 Å². The third-order valence-electron chi connectivity index (χ3n) is 2.92. The molecule has 1 aromatic rings. The predicted molar refractivity (Wildman–Crippen MR) is 78.0 cm³/mol. The topological polar surface area (TPSA) is 70.6 Å². The molecule has 0 fully saturated rings. The van der Waals surface area contributed by atoms with Crippen LogP contribution in [0.4, 0.5) is 5.69 Å². The van der Waals surface area contributed by atoms with Crippen molar-refractivity contribution in [1.82, 2.24) is 5.32 Å². The maximum absolute atomic E-state index is 11.8. The molecule has 1 aliphatic heterocycles. The Morgan fingerprint density at radius 3 is 2.95 bits per heavy atom. The Hall–Kier alpha value is -2.14. The number of amides is 1. The summed E-state index contributed by atoms with van der Waals surface area (Å²) < 4.78 is 5.20. The summed E-state index contributed by atoms with van der Waals surface area (Å²) in [5.41, 5.74) is 1.02. The molecule has 0 saturated carbocycles. The molecule has 6 heteroatoms. The van der Waals surface area contributed by atoms with Crippen molar-refractivity contribution in [2.75, 3.05) is 19.0 Å². The number of rotatable bonds is 4. The van der Waals surface area contributed by atoms with E-state index in [9.17, 15) is 9.90 Å². The number of ether oxygens (including phenoxy) is 1. The van der Waals surface area contributed by atoms with E-state index in [-0.39, 0.29) is 17.2 Å². The maximum atomic E-state index is 11.8. The summed E-state index contributed by atoms with van der Waals surface area (Å²) in [7, 11) is 1.50. The number of carbonyl (C=O) groups is 1. The second-order valence-corrected chi connectivity index (χ2v) is 4.66. The Kier molecular flexibility index (Phi) is 4.20. The normalized spacial score (nSPS) is 14.8. The first-order valence-electron chi connectivity index (χ1n) is 6.03. The van der Waals surface area contributed by atoms with Gasteiger partial charge < -0.3 is 20.5 Å². The average molecular weight is 295 g/mol. The van der Waals surface area contributed by atoms with Crippen LogP contribution in [0.5, 0.6) is 5.75 Å². The lowest BCUT2D eigenvalue weighted by Gasteiger charge is -2.20. The van der Waals surface area contributed by atoms with Crippen LogP contribution in [-0.2, 0) is 4.79 Å². The van der Waals surface area contributed by atoms with Crippen molar-refractivity contribution in [1.29, 1.82) is 0 Å². The van der Waals surface area contributed by atoms with Gasteiger partial charge in [-0.3, -0.25) is 4.79 Å². The highest BCUT2D eigenvalue weighted by Gasteiger charge is 2.23. The first-order valence-corrected chi connectivity index (χ1v) is 6.41. The number of hydrogen-bond donors (Lipinski definition) is 3. The quantitative estimate of drug-likeness (QED) is 0.798. The molecule has 2 rings (SSSR count). The molecule has 1 heterocycles. The number of aliphatic hydroxyl groups excluding tert-OH is 1. The van der Waals surface area contributed by atoms with Crippen molar-refractivity contribution in [2.24, 2.45) is 0 Å². The van der Waals surface area contributed by atoms with Crippen molar-refractivity contribution in [3.63, 3.8) is 0 Å². The number of para-hydroxylation sites is 1. The number of halogens is 1. The summed E-state index contributed by atoms with van der Waals surface area (Å²) in [6, 6.07) is 5.18. The molecule has 0 unspecified atom stereocenters. The van der Waals surface area contributed by atoms with Gasteiger partial charge in [0, 0.05) is 18.7 Å². The monoisotopic (exact) mass is 294 g/mol. The number of nitrogens with one attached hydrogen (secondary N) is 2. The van der Waals surface area contributed by atoms with E-state index in [2.05, 4.69) is 17.2 Å². The lowest BCUT2D eigenvalue weighted by Crippen LogP contribution is -2.33. The Bertz CT molecular complexity index is 596. The minimum absolute atomic E-state index is 0.0206. The molecule has 1 aliphatic rings. The maximum Gasteiger partial charge on any atom is 0.256 e. The zero-order valence-corrected chi connectivity index (χ0v) is 11.8.